The van der Waals surface area contributed by atoms with Crippen molar-refractivity contribution >= 4 is 49.4 Å². The summed E-state index contributed by atoms with van der Waals surface area (Å²) in [4.78, 5) is 24.0. The van der Waals surface area contributed by atoms with Crippen LogP contribution in [0.5, 0.6) is 0 Å². The molecule has 5 nitrogen and oxygen atoms in total. The highest BCUT2D eigenvalue weighted by molar-refractivity contribution is 7.22. The zero-order valence-corrected chi connectivity index (χ0v) is 13.3. The molecular weight excluding hydrogens is 308 g/mol. The second-order valence-corrected chi connectivity index (χ2v) is 6.24. The molecule has 0 amide bonds. The second kappa shape index (κ2) is 5.48. The number of hydrogen-bond donors (Lipinski definition) is 2. The summed E-state index contributed by atoms with van der Waals surface area (Å²) in [5.41, 5.74) is 3.33. The highest BCUT2D eigenvalue weighted by Gasteiger charge is 2.09. The van der Waals surface area contributed by atoms with Crippen molar-refractivity contribution in [2.75, 3.05) is 5.32 Å². The van der Waals surface area contributed by atoms with Crippen molar-refractivity contribution in [3.05, 3.63) is 48.0 Å². The number of Topliss-reactive ketones (excluding diaryl/α,β-unsaturated/α-hetero) is 1. The minimum absolute atomic E-state index is 0.127. The molecule has 6 heteroatoms. The van der Waals surface area contributed by atoms with Crippen LogP contribution >= 0.6 is 11.3 Å². The van der Waals surface area contributed by atoms with Gasteiger partial charge < -0.3 is 10.3 Å². The van der Waals surface area contributed by atoms with Gasteiger partial charge in [-0.15, -0.1) is 0 Å². The third kappa shape index (κ3) is 2.57. The van der Waals surface area contributed by atoms with E-state index < -0.39 is 0 Å². The van der Waals surface area contributed by atoms with Gasteiger partial charge in [0, 0.05) is 12.0 Å². The van der Waals surface area contributed by atoms with E-state index in [2.05, 4.69) is 20.3 Å². The predicted molar refractivity (Wildman–Crippen MR) is 93.6 cm³/mol. The van der Waals surface area contributed by atoms with Crippen LogP contribution in [0, 0.1) is 0 Å². The number of para-hydroxylation sites is 1. The van der Waals surface area contributed by atoms with Crippen molar-refractivity contribution in [2.24, 2.45) is 0 Å². The van der Waals surface area contributed by atoms with Crippen molar-refractivity contribution in [3.63, 3.8) is 0 Å². The monoisotopic (exact) mass is 322 g/mol. The number of rotatable bonds is 4. The van der Waals surface area contributed by atoms with Crippen molar-refractivity contribution in [1.82, 2.24) is 15.0 Å². The molecule has 2 N–H and O–H groups in total. The number of imidazole rings is 1. The van der Waals surface area contributed by atoms with Gasteiger partial charge in [0.15, 0.2) is 10.9 Å². The molecule has 2 heterocycles. The van der Waals surface area contributed by atoms with Crippen molar-refractivity contribution in [2.45, 2.75) is 13.3 Å². The van der Waals surface area contributed by atoms with Gasteiger partial charge in [-0.25, -0.2) is 9.97 Å². The Labute approximate surface area is 136 Å². The Kier molecular flexibility index (Phi) is 3.31. The fraction of sp³-hybridized carbons (Fsp3) is 0.118. The molecule has 0 spiro atoms. The maximum absolute atomic E-state index is 11.8. The fourth-order valence-corrected chi connectivity index (χ4v) is 3.34. The number of aromatic nitrogens is 3. The van der Waals surface area contributed by atoms with Crippen LogP contribution in [0.15, 0.2) is 42.5 Å². The summed E-state index contributed by atoms with van der Waals surface area (Å²) in [5, 5.41) is 3.99. The Morgan fingerprint density at radius 2 is 2.04 bits per heavy atom. The normalized spacial score (nSPS) is 11.2. The number of nitrogens with one attached hydrogen (secondary N) is 2. The topological polar surface area (TPSA) is 70.7 Å². The number of nitrogens with zero attached hydrogens (tertiary/aromatic N) is 2. The molecule has 0 radical (unpaired) electrons. The number of benzene rings is 2. The van der Waals surface area contributed by atoms with E-state index in [0.717, 1.165) is 26.4 Å². The molecule has 0 aliphatic rings. The number of aromatic amines is 1. The molecule has 0 fully saturated rings. The zero-order chi connectivity index (χ0) is 15.8. The lowest BCUT2D eigenvalue weighted by molar-refractivity contribution is 0.0988. The highest BCUT2D eigenvalue weighted by atomic mass is 32.1. The number of fused-ring (bicyclic) bond motifs is 2. The third-order valence-corrected chi connectivity index (χ3v) is 4.60. The van der Waals surface area contributed by atoms with E-state index in [0.29, 0.717) is 17.9 Å². The largest absolute Gasteiger partial charge is 0.324 e. The maximum Gasteiger partial charge on any atom is 0.207 e. The highest BCUT2D eigenvalue weighted by Crippen LogP contribution is 2.28. The average Bonchev–Trinajstić information content (AvgIpc) is 3.15. The molecule has 0 bridgehead atoms. The standard InChI is InChI=1S/C17H14N4OS/c1-2-14(22)10-7-8-11-13(9-10)19-16(18-11)21-17-20-12-5-3-4-6-15(12)23-17/h3-9H,2H2,1H3,(H2,18,19,20,21). The fourth-order valence-electron chi connectivity index (χ4n) is 2.47. The molecule has 23 heavy (non-hydrogen) atoms. The lowest BCUT2D eigenvalue weighted by atomic mass is 10.1. The van der Waals surface area contributed by atoms with E-state index in [4.69, 9.17) is 0 Å². The molecule has 0 saturated heterocycles. The van der Waals surface area contributed by atoms with Crippen LogP contribution in [0.2, 0.25) is 0 Å². The molecule has 4 aromatic rings. The molecule has 0 aliphatic carbocycles. The number of ketones is 1. The molecule has 0 saturated carbocycles. The third-order valence-electron chi connectivity index (χ3n) is 3.64. The van der Waals surface area contributed by atoms with Crippen molar-refractivity contribution in [1.29, 1.82) is 0 Å². The average molecular weight is 322 g/mol. The predicted octanol–water partition coefficient (Wildman–Crippen LogP) is 4.51. The first-order valence-electron chi connectivity index (χ1n) is 7.38. The second-order valence-electron chi connectivity index (χ2n) is 5.21. The van der Waals surface area contributed by atoms with E-state index in [9.17, 15) is 4.79 Å². The van der Waals surface area contributed by atoms with Gasteiger partial charge >= 0.3 is 0 Å². The van der Waals surface area contributed by atoms with E-state index in [1.807, 2.05) is 49.4 Å². The maximum atomic E-state index is 11.8. The van der Waals surface area contributed by atoms with E-state index in [1.54, 1.807) is 11.3 Å². The number of anilines is 2. The van der Waals surface area contributed by atoms with E-state index in [1.165, 1.54) is 0 Å². The molecular formula is C17H14N4OS. The van der Waals surface area contributed by atoms with Crippen molar-refractivity contribution in [3.8, 4) is 0 Å². The van der Waals surface area contributed by atoms with Crippen LogP contribution in [0.1, 0.15) is 23.7 Å². The number of hydrogen-bond acceptors (Lipinski definition) is 5. The zero-order valence-electron chi connectivity index (χ0n) is 12.5. The number of carbonyl (C=O) groups is 1. The molecule has 2 aromatic carbocycles. The summed E-state index contributed by atoms with van der Waals surface area (Å²) >= 11 is 1.58. The first-order valence-corrected chi connectivity index (χ1v) is 8.20. The Hall–Kier alpha value is -2.73. The SMILES string of the molecule is CCC(=O)c1ccc2nc(Nc3nc4ccccc4s3)[nH]c2c1. The summed E-state index contributed by atoms with van der Waals surface area (Å²) in [7, 11) is 0. The molecule has 4 rings (SSSR count). The quantitative estimate of drug-likeness (QED) is 0.542. The Morgan fingerprint density at radius 3 is 2.87 bits per heavy atom. The van der Waals surface area contributed by atoms with Gasteiger partial charge in [-0.05, 0) is 30.3 Å². The summed E-state index contributed by atoms with van der Waals surface area (Å²) in [6.45, 7) is 1.86. The van der Waals surface area contributed by atoms with Gasteiger partial charge in [0.05, 0.1) is 21.3 Å². The minimum atomic E-state index is 0.127. The Balaban J connectivity index is 1.67. The number of H-pyrrole nitrogens is 1. The van der Waals surface area contributed by atoms with Gasteiger partial charge in [0.25, 0.3) is 0 Å². The van der Waals surface area contributed by atoms with Gasteiger partial charge in [-0.2, -0.15) is 0 Å². The molecule has 0 aliphatic heterocycles. The lowest BCUT2D eigenvalue weighted by Gasteiger charge is -1.96. The Bertz CT molecular complexity index is 985. The van der Waals surface area contributed by atoms with Crippen molar-refractivity contribution < 1.29 is 4.79 Å². The summed E-state index contributed by atoms with van der Waals surface area (Å²) in [6, 6.07) is 13.5. The minimum Gasteiger partial charge on any atom is -0.324 e. The van der Waals surface area contributed by atoms with Gasteiger partial charge in [0.1, 0.15) is 0 Å². The summed E-state index contributed by atoms with van der Waals surface area (Å²) < 4.78 is 1.13. The first-order chi connectivity index (χ1) is 11.2. The Morgan fingerprint density at radius 1 is 1.17 bits per heavy atom. The van der Waals surface area contributed by atoms with Crippen LogP contribution in [0.25, 0.3) is 21.3 Å². The smallest absolute Gasteiger partial charge is 0.207 e. The van der Waals surface area contributed by atoms with E-state index in [-0.39, 0.29) is 5.78 Å². The number of carbonyl (C=O) groups excluding carboxylic acids is 1. The first kappa shape index (κ1) is 13.9. The van der Waals surface area contributed by atoms with Gasteiger partial charge in [-0.1, -0.05) is 30.4 Å². The van der Waals surface area contributed by atoms with E-state index >= 15 is 0 Å². The molecule has 0 atom stereocenters. The molecule has 114 valence electrons. The van der Waals surface area contributed by atoms with Crippen LogP contribution in [0.4, 0.5) is 11.1 Å². The van der Waals surface area contributed by atoms with Crippen LogP contribution in [-0.4, -0.2) is 20.7 Å². The summed E-state index contributed by atoms with van der Waals surface area (Å²) in [6.07, 6.45) is 0.496. The molecule has 2 aromatic heterocycles. The number of thiazole rings is 1. The molecule has 0 unspecified atom stereocenters. The van der Waals surface area contributed by atoms with Gasteiger partial charge in [0.2, 0.25) is 5.95 Å². The van der Waals surface area contributed by atoms with Gasteiger partial charge in [-0.3, -0.25) is 4.79 Å². The summed E-state index contributed by atoms with van der Waals surface area (Å²) in [5.74, 6) is 0.752. The van der Waals surface area contributed by atoms with Crippen LogP contribution in [0.3, 0.4) is 0 Å². The lowest BCUT2D eigenvalue weighted by Crippen LogP contribution is -1.95. The van der Waals surface area contributed by atoms with Crippen LogP contribution < -0.4 is 5.32 Å². The van der Waals surface area contributed by atoms with Crippen LogP contribution in [-0.2, 0) is 0 Å².